The summed E-state index contributed by atoms with van der Waals surface area (Å²) < 4.78 is 2.82. The lowest BCUT2D eigenvalue weighted by atomic mass is 10.2. The molecule has 0 aliphatic heterocycles. The molecule has 0 aromatic heterocycles. The number of ether oxygens (including phenoxy) is 1. The van der Waals surface area contributed by atoms with Crippen LogP contribution in [0, 0.1) is 0 Å². The van der Waals surface area contributed by atoms with E-state index in [0.717, 1.165) is 5.56 Å². The number of esters is 1. The van der Waals surface area contributed by atoms with Crippen LogP contribution in [-0.2, 0) is 25.7 Å². The molecule has 134 valence electrons. The summed E-state index contributed by atoms with van der Waals surface area (Å²) in [7, 11) is 0. The second-order valence-electron chi connectivity index (χ2n) is 4.33. The number of rotatable bonds is 6. The minimum absolute atomic E-state index is 0.0372. The number of carbonyl (C=O) groups is 3. The summed E-state index contributed by atoms with van der Waals surface area (Å²) in [6.07, 6.45) is 0.208. The molecule has 6 nitrogen and oxygen atoms in total. The first-order valence-electron chi connectivity index (χ1n) is 6.48. The lowest BCUT2D eigenvalue weighted by Gasteiger charge is -2.04. The number of Topliss-reactive ketones (excluding diaryl/α,β-unsaturated/α-hetero) is 1. The number of alkyl halides is 3. The fourth-order valence-electron chi connectivity index (χ4n) is 1.16. The molecule has 0 saturated heterocycles. The predicted octanol–water partition coefficient (Wildman–Crippen LogP) is 3.13. The third-order valence-electron chi connectivity index (χ3n) is 2.39. The number of carbonyl (C=O) groups excluding carboxylic acids is 2. The van der Waals surface area contributed by atoms with Gasteiger partial charge in [-0.2, -0.15) is 0 Å². The molecule has 0 amide bonds. The molecule has 0 aliphatic carbocycles. The van der Waals surface area contributed by atoms with Crippen molar-refractivity contribution in [2.75, 3.05) is 6.54 Å². The van der Waals surface area contributed by atoms with Crippen molar-refractivity contribution in [2.45, 2.75) is 23.2 Å². The Morgan fingerprint density at radius 3 is 2.00 bits per heavy atom. The van der Waals surface area contributed by atoms with Crippen LogP contribution >= 0.6 is 46.4 Å². The highest BCUT2D eigenvalue weighted by Crippen LogP contribution is 2.25. The molecule has 0 radical (unpaired) electrons. The third kappa shape index (κ3) is 11.5. The molecule has 0 spiro atoms. The molecule has 0 unspecified atom stereocenters. The summed E-state index contributed by atoms with van der Waals surface area (Å²) in [5.74, 6) is -2.01. The Morgan fingerprint density at radius 2 is 1.58 bits per heavy atom. The first kappa shape index (κ1) is 22.9. The maximum Gasteiger partial charge on any atom is 0.356 e. The molecule has 10 heteroatoms. The second-order valence-corrected chi connectivity index (χ2v) is 7.05. The topological polar surface area (TPSA) is 107 Å². The van der Waals surface area contributed by atoms with Gasteiger partial charge in [-0.15, -0.1) is 0 Å². The minimum Gasteiger partial charge on any atom is -0.478 e. The molecule has 0 atom stereocenters. The van der Waals surface area contributed by atoms with E-state index in [1.165, 1.54) is 0 Å². The Morgan fingerprint density at radius 1 is 1.08 bits per heavy atom. The molecule has 1 rings (SSSR count). The number of benzene rings is 1. The van der Waals surface area contributed by atoms with Gasteiger partial charge in [0.2, 0.25) is 0 Å². The van der Waals surface area contributed by atoms with Crippen molar-refractivity contribution in [3.63, 3.8) is 0 Å². The maximum absolute atomic E-state index is 11.3. The lowest BCUT2D eigenvalue weighted by Crippen LogP contribution is -2.16. The summed E-state index contributed by atoms with van der Waals surface area (Å²) in [4.78, 5) is 31.8. The summed E-state index contributed by atoms with van der Waals surface area (Å²) in [6, 6.07) is 7.01. The summed E-state index contributed by atoms with van der Waals surface area (Å²) in [6.45, 7) is 0.150. The van der Waals surface area contributed by atoms with E-state index in [-0.39, 0.29) is 31.8 Å². The Balaban J connectivity index is 0.000000640. The number of carboxylic acids is 1. The van der Waals surface area contributed by atoms with E-state index in [9.17, 15) is 14.4 Å². The molecular formula is C14H15Cl4NO5. The van der Waals surface area contributed by atoms with Crippen LogP contribution < -0.4 is 5.73 Å². The zero-order valence-corrected chi connectivity index (χ0v) is 15.3. The summed E-state index contributed by atoms with van der Waals surface area (Å²) in [5.41, 5.74) is 5.98. The number of hydrogen-bond acceptors (Lipinski definition) is 5. The van der Waals surface area contributed by atoms with Gasteiger partial charge in [0.15, 0.2) is 0 Å². The van der Waals surface area contributed by atoms with Gasteiger partial charge in [0.05, 0.1) is 13.0 Å². The van der Waals surface area contributed by atoms with Gasteiger partial charge in [-0.1, -0.05) is 58.5 Å². The first-order chi connectivity index (χ1) is 11.1. The van der Waals surface area contributed by atoms with E-state index in [0.29, 0.717) is 5.02 Å². The minimum atomic E-state index is -2.17. The quantitative estimate of drug-likeness (QED) is 0.542. The van der Waals surface area contributed by atoms with Crippen LogP contribution in [0.1, 0.15) is 18.4 Å². The van der Waals surface area contributed by atoms with Gasteiger partial charge in [-0.05, 0) is 17.7 Å². The molecule has 1 aromatic carbocycles. The van der Waals surface area contributed by atoms with Crippen molar-refractivity contribution >= 4 is 64.1 Å². The van der Waals surface area contributed by atoms with Crippen LogP contribution in [0.15, 0.2) is 24.3 Å². The number of ketones is 1. The van der Waals surface area contributed by atoms with Gasteiger partial charge >= 0.3 is 11.9 Å². The van der Waals surface area contributed by atoms with Gasteiger partial charge in [0.25, 0.3) is 3.79 Å². The van der Waals surface area contributed by atoms with E-state index >= 15 is 0 Å². The molecule has 24 heavy (non-hydrogen) atoms. The van der Waals surface area contributed by atoms with Crippen LogP contribution in [0.2, 0.25) is 5.02 Å². The molecule has 0 fully saturated rings. The fourth-order valence-corrected chi connectivity index (χ4v) is 1.29. The highest BCUT2D eigenvalue weighted by atomic mass is 35.6. The molecule has 0 aliphatic rings. The largest absolute Gasteiger partial charge is 0.478 e. The van der Waals surface area contributed by atoms with Crippen LogP contribution in [0.5, 0.6) is 0 Å². The highest BCUT2D eigenvalue weighted by Gasteiger charge is 2.29. The molecule has 0 saturated carbocycles. The van der Waals surface area contributed by atoms with Crippen LogP contribution in [-0.4, -0.2) is 33.2 Å². The van der Waals surface area contributed by atoms with Crippen molar-refractivity contribution in [1.29, 1.82) is 0 Å². The van der Waals surface area contributed by atoms with Crippen molar-refractivity contribution in [3.8, 4) is 0 Å². The molecular weight excluding hydrogens is 404 g/mol. The highest BCUT2D eigenvalue weighted by molar-refractivity contribution is 6.75. The van der Waals surface area contributed by atoms with Gasteiger partial charge in [0.1, 0.15) is 12.4 Å². The summed E-state index contributed by atoms with van der Waals surface area (Å²) in [5, 5.41) is 8.49. The van der Waals surface area contributed by atoms with Gasteiger partial charge < -0.3 is 15.6 Å². The standard InChI is InChI=1S/C12H14ClNO3.C2HCl3O2/c13-10-3-1-9(2-4-10)8-17-12(16)6-5-11(15)7-14;3-2(4,5)1(6)7/h1-4H,5-8,14H2;(H,6,7). The fraction of sp³-hybridized carbons (Fsp3) is 0.357. The van der Waals surface area contributed by atoms with Gasteiger partial charge in [0, 0.05) is 11.4 Å². The van der Waals surface area contributed by atoms with Crippen molar-refractivity contribution < 1.29 is 24.2 Å². The predicted molar refractivity (Wildman–Crippen MR) is 92.5 cm³/mol. The monoisotopic (exact) mass is 417 g/mol. The summed E-state index contributed by atoms with van der Waals surface area (Å²) >= 11 is 20.1. The van der Waals surface area contributed by atoms with E-state index in [1.54, 1.807) is 24.3 Å². The lowest BCUT2D eigenvalue weighted by molar-refractivity contribution is -0.146. The molecule has 1 aromatic rings. The normalized spacial score (nSPS) is 10.4. The van der Waals surface area contributed by atoms with E-state index in [2.05, 4.69) is 0 Å². The number of aliphatic carboxylic acids is 1. The number of carboxylic acid groups (broad SMARTS) is 1. The van der Waals surface area contributed by atoms with Crippen molar-refractivity contribution in [3.05, 3.63) is 34.9 Å². The number of halogens is 4. The van der Waals surface area contributed by atoms with E-state index < -0.39 is 15.7 Å². The Labute approximate surface area is 158 Å². The number of hydrogen-bond donors (Lipinski definition) is 2. The second kappa shape index (κ2) is 11.5. The number of nitrogens with two attached hydrogens (primary N) is 1. The average Bonchev–Trinajstić information content (AvgIpc) is 2.51. The molecule has 0 bridgehead atoms. The third-order valence-corrected chi connectivity index (χ3v) is 3.13. The smallest absolute Gasteiger partial charge is 0.356 e. The SMILES string of the molecule is NCC(=O)CCC(=O)OCc1ccc(Cl)cc1.O=C(O)C(Cl)(Cl)Cl. The Hall–Kier alpha value is -1.05. The van der Waals surface area contributed by atoms with Crippen molar-refractivity contribution in [1.82, 2.24) is 0 Å². The van der Waals surface area contributed by atoms with E-state index in [1.807, 2.05) is 0 Å². The Kier molecular flexibility index (Phi) is 11.0. The van der Waals surface area contributed by atoms with E-state index in [4.69, 9.17) is 62.0 Å². The van der Waals surface area contributed by atoms with Crippen LogP contribution in [0.4, 0.5) is 0 Å². The van der Waals surface area contributed by atoms with Crippen molar-refractivity contribution in [2.24, 2.45) is 5.73 Å². The zero-order chi connectivity index (χ0) is 18.8. The van der Waals surface area contributed by atoms with Crippen LogP contribution in [0.25, 0.3) is 0 Å². The zero-order valence-electron chi connectivity index (χ0n) is 12.3. The average molecular weight is 419 g/mol. The molecule has 3 N–H and O–H groups in total. The van der Waals surface area contributed by atoms with Gasteiger partial charge in [-0.25, -0.2) is 4.79 Å². The Bertz CT molecular complexity index is 557. The first-order valence-corrected chi connectivity index (χ1v) is 7.99. The molecule has 0 heterocycles. The van der Waals surface area contributed by atoms with Gasteiger partial charge in [-0.3, -0.25) is 9.59 Å². The van der Waals surface area contributed by atoms with Crippen LogP contribution in [0.3, 0.4) is 0 Å². The maximum atomic E-state index is 11.3.